The monoisotopic (exact) mass is 248 g/mol. The zero-order valence-corrected chi connectivity index (χ0v) is 10.9. The summed E-state index contributed by atoms with van der Waals surface area (Å²) in [7, 11) is -3.63. The molecule has 0 amide bonds. The second-order valence-electron chi connectivity index (χ2n) is 3.21. The lowest BCUT2D eigenvalue weighted by Crippen LogP contribution is -1.87. The molecular weight excluding hydrogens is 227 g/mol. The maximum atomic E-state index is 11.3. The molecule has 0 rings (SSSR count). The minimum atomic E-state index is -3.63. The standard InChI is InChI=1S/C11H21O4P/c1-3-5-6-7-8-9-15-16(12,13)11-10-14-4-2/h7-8,10-11H,3-6,9H2,1-2H3,(H,12,13). The van der Waals surface area contributed by atoms with Gasteiger partial charge in [-0.05, 0) is 13.3 Å². The van der Waals surface area contributed by atoms with Crippen molar-refractivity contribution in [3.8, 4) is 0 Å². The third-order valence-corrected chi connectivity index (χ3v) is 2.78. The summed E-state index contributed by atoms with van der Waals surface area (Å²) in [5, 5.41) is 0. The Morgan fingerprint density at radius 2 is 2.06 bits per heavy atom. The first-order chi connectivity index (χ1) is 7.62. The minimum Gasteiger partial charge on any atom is -0.501 e. The van der Waals surface area contributed by atoms with Crippen molar-refractivity contribution in [3.63, 3.8) is 0 Å². The molecule has 0 aliphatic rings. The molecule has 0 aromatic heterocycles. The largest absolute Gasteiger partial charge is 0.501 e. The molecule has 94 valence electrons. The summed E-state index contributed by atoms with van der Waals surface area (Å²) >= 11 is 0. The van der Waals surface area contributed by atoms with Gasteiger partial charge in [-0.1, -0.05) is 31.9 Å². The van der Waals surface area contributed by atoms with E-state index in [1.165, 1.54) is 6.26 Å². The molecule has 1 atom stereocenters. The highest BCUT2D eigenvalue weighted by Crippen LogP contribution is 2.43. The van der Waals surface area contributed by atoms with Crippen LogP contribution in [-0.2, 0) is 13.8 Å². The number of allylic oxidation sites excluding steroid dienone is 1. The molecule has 0 radical (unpaired) electrons. The Morgan fingerprint density at radius 3 is 2.69 bits per heavy atom. The molecule has 0 fully saturated rings. The highest BCUT2D eigenvalue weighted by molar-refractivity contribution is 7.56. The van der Waals surface area contributed by atoms with Gasteiger partial charge in [-0.3, -0.25) is 4.57 Å². The van der Waals surface area contributed by atoms with E-state index in [1.54, 1.807) is 13.0 Å². The fourth-order valence-electron chi connectivity index (χ4n) is 0.917. The first-order valence-electron chi connectivity index (χ1n) is 5.53. The average molecular weight is 248 g/mol. The van der Waals surface area contributed by atoms with Crippen molar-refractivity contribution in [3.05, 3.63) is 24.2 Å². The fraction of sp³-hybridized carbons (Fsp3) is 0.636. The second kappa shape index (κ2) is 9.64. The number of ether oxygens (including phenoxy) is 1. The molecule has 4 nitrogen and oxygen atoms in total. The van der Waals surface area contributed by atoms with E-state index in [0.717, 1.165) is 25.1 Å². The maximum Gasteiger partial charge on any atom is 0.354 e. The van der Waals surface area contributed by atoms with Crippen molar-refractivity contribution in [1.29, 1.82) is 0 Å². The van der Waals surface area contributed by atoms with Gasteiger partial charge < -0.3 is 14.2 Å². The van der Waals surface area contributed by atoms with Gasteiger partial charge in [0.15, 0.2) is 0 Å². The van der Waals surface area contributed by atoms with Gasteiger partial charge in [0, 0.05) is 0 Å². The Hall–Kier alpha value is -0.570. The average Bonchev–Trinajstić information content (AvgIpc) is 2.23. The van der Waals surface area contributed by atoms with E-state index in [0.29, 0.717) is 6.61 Å². The van der Waals surface area contributed by atoms with Crippen LogP contribution in [0.25, 0.3) is 0 Å². The van der Waals surface area contributed by atoms with Gasteiger partial charge in [0.1, 0.15) is 0 Å². The van der Waals surface area contributed by atoms with Crippen molar-refractivity contribution in [2.45, 2.75) is 33.1 Å². The summed E-state index contributed by atoms with van der Waals surface area (Å²) in [6.45, 7) is 4.52. The Kier molecular flexibility index (Phi) is 9.30. The van der Waals surface area contributed by atoms with Crippen LogP contribution in [0.2, 0.25) is 0 Å². The van der Waals surface area contributed by atoms with E-state index in [-0.39, 0.29) is 6.61 Å². The van der Waals surface area contributed by atoms with Crippen LogP contribution in [0.1, 0.15) is 33.1 Å². The predicted molar refractivity (Wildman–Crippen MR) is 65.2 cm³/mol. The SMILES string of the molecule is CCCCC=CCOP(=O)(O)C=COCC. The van der Waals surface area contributed by atoms with Crippen LogP contribution in [0.15, 0.2) is 24.2 Å². The number of hydrogen-bond donors (Lipinski definition) is 1. The molecule has 1 unspecified atom stereocenters. The van der Waals surface area contributed by atoms with E-state index < -0.39 is 7.60 Å². The molecule has 1 N–H and O–H groups in total. The molecule has 0 heterocycles. The van der Waals surface area contributed by atoms with Crippen LogP contribution in [0.3, 0.4) is 0 Å². The Labute approximate surface area is 97.5 Å². The fourth-order valence-corrected chi connectivity index (χ4v) is 1.54. The normalized spacial score (nSPS) is 15.7. The van der Waals surface area contributed by atoms with E-state index in [1.807, 2.05) is 6.08 Å². The number of hydrogen-bond acceptors (Lipinski definition) is 3. The smallest absolute Gasteiger partial charge is 0.354 e. The van der Waals surface area contributed by atoms with E-state index in [2.05, 4.69) is 6.92 Å². The highest BCUT2D eigenvalue weighted by Gasteiger charge is 2.13. The van der Waals surface area contributed by atoms with E-state index in [9.17, 15) is 9.46 Å². The lowest BCUT2D eigenvalue weighted by atomic mass is 10.2. The topological polar surface area (TPSA) is 55.8 Å². The van der Waals surface area contributed by atoms with Crippen molar-refractivity contribution in [2.75, 3.05) is 13.2 Å². The van der Waals surface area contributed by atoms with Gasteiger partial charge in [0.05, 0.1) is 25.3 Å². The van der Waals surface area contributed by atoms with Crippen LogP contribution in [0.5, 0.6) is 0 Å². The maximum absolute atomic E-state index is 11.3. The van der Waals surface area contributed by atoms with Crippen LogP contribution in [0.4, 0.5) is 0 Å². The molecular formula is C11H21O4P. The summed E-state index contributed by atoms with van der Waals surface area (Å²) in [6.07, 6.45) is 8.15. The highest BCUT2D eigenvalue weighted by atomic mass is 31.2. The molecule has 0 spiro atoms. The first-order valence-corrected chi connectivity index (χ1v) is 7.18. The van der Waals surface area contributed by atoms with Crippen molar-refractivity contribution < 1.29 is 18.7 Å². The van der Waals surface area contributed by atoms with Gasteiger partial charge in [0.2, 0.25) is 0 Å². The molecule has 0 saturated carbocycles. The third-order valence-electron chi connectivity index (χ3n) is 1.76. The number of unbranched alkanes of at least 4 members (excludes halogenated alkanes) is 2. The lowest BCUT2D eigenvalue weighted by Gasteiger charge is -2.05. The van der Waals surface area contributed by atoms with Gasteiger partial charge >= 0.3 is 7.60 Å². The van der Waals surface area contributed by atoms with Crippen LogP contribution < -0.4 is 0 Å². The zero-order chi connectivity index (χ0) is 12.3. The molecule has 5 heteroatoms. The van der Waals surface area contributed by atoms with E-state index >= 15 is 0 Å². The van der Waals surface area contributed by atoms with Gasteiger partial charge in [-0.15, -0.1) is 0 Å². The van der Waals surface area contributed by atoms with E-state index in [4.69, 9.17) is 9.26 Å². The summed E-state index contributed by atoms with van der Waals surface area (Å²) < 4.78 is 20.9. The Balaban J connectivity index is 3.73. The summed E-state index contributed by atoms with van der Waals surface area (Å²) in [4.78, 5) is 9.28. The second-order valence-corrected chi connectivity index (χ2v) is 4.90. The summed E-state index contributed by atoms with van der Waals surface area (Å²) in [6, 6.07) is 0. The van der Waals surface area contributed by atoms with Crippen LogP contribution >= 0.6 is 7.60 Å². The first kappa shape index (κ1) is 15.4. The van der Waals surface area contributed by atoms with Crippen molar-refractivity contribution >= 4 is 7.60 Å². The molecule has 0 aliphatic heterocycles. The Morgan fingerprint density at radius 1 is 1.31 bits per heavy atom. The minimum absolute atomic E-state index is 0.147. The van der Waals surface area contributed by atoms with Crippen LogP contribution in [-0.4, -0.2) is 18.1 Å². The summed E-state index contributed by atoms with van der Waals surface area (Å²) in [5.74, 6) is 1.05. The van der Waals surface area contributed by atoms with Gasteiger partial charge in [-0.25, -0.2) is 0 Å². The molecule has 0 saturated heterocycles. The zero-order valence-electron chi connectivity index (χ0n) is 9.96. The predicted octanol–water partition coefficient (Wildman–Crippen LogP) is 3.44. The molecule has 0 aromatic carbocycles. The Bertz CT molecular complexity index is 261. The van der Waals surface area contributed by atoms with Crippen LogP contribution in [0, 0.1) is 0 Å². The third kappa shape index (κ3) is 9.97. The van der Waals surface area contributed by atoms with Crippen molar-refractivity contribution in [2.24, 2.45) is 0 Å². The summed E-state index contributed by atoms with van der Waals surface area (Å²) in [5.41, 5.74) is 0. The lowest BCUT2D eigenvalue weighted by molar-refractivity contribution is 0.265. The van der Waals surface area contributed by atoms with Gasteiger partial charge in [0.25, 0.3) is 0 Å². The van der Waals surface area contributed by atoms with Crippen molar-refractivity contribution in [1.82, 2.24) is 0 Å². The molecule has 0 aromatic rings. The number of rotatable bonds is 9. The molecule has 16 heavy (non-hydrogen) atoms. The van der Waals surface area contributed by atoms with Gasteiger partial charge in [-0.2, -0.15) is 0 Å². The quantitative estimate of drug-likeness (QED) is 0.294. The molecule has 0 bridgehead atoms. The molecule has 0 aliphatic carbocycles.